The number of carbonyl (C=O) groups excluding carboxylic acids is 2. The smallest absolute Gasteiger partial charge is 0.336 e. The summed E-state index contributed by atoms with van der Waals surface area (Å²) in [4.78, 5) is 37.3. The van der Waals surface area contributed by atoms with E-state index >= 15 is 0 Å². The van der Waals surface area contributed by atoms with Gasteiger partial charge >= 0.3 is 11.6 Å². The van der Waals surface area contributed by atoms with Crippen LogP contribution < -0.4 is 10.9 Å². The van der Waals surface area contributed by atoms with Crippen LogP contribution in [0.25, 0.3) is 11.0 Å². The molecule has 0 bridgehead atoms. The molecule has 1 heterocycles. The summed E-state index contributed by atoms with van der Waals surface area (Å²) in [5, 5.41) is 3.57. The van der Waals surface area contributed by atoms with Crippen molar-refractivity contribution in [2.24, 2.45) is 5.92 Å². The van der Waals surface area contributed by atoms with E-state index in [9.17, 15) is 14.4 Å². The normalized spacial score (nSPS) is 13.7. The van der Waals surface area contributed by atoms with Gasteiger partial charge in [-0.2, -0.15) is 0 Å². The lowest BCUT2D eigenvalue weighted by atomic mass is 10.0. The van der Waals surface area contributed by atoms with Gasteiger partial charge in [-0.05, 0) is 54.0 Å². The molecule has 6 heteroatoms. The summed E-state index contributed by atoms with van der Waals surface area (Å²) in [6.45, 7) is 3.65. The molecular weight excluding hydrogens is 406 g/mol. The summed E-state index contributed by atoms with van der Waals surface area (Å²) in [5.74, 6) is -0.916. The van der Waals surface area contributed by atoms with Gasteiger partial charge in [0.2, 0.25) is 5.91 Å². The van der Waals surface area contributed by atoms with Crippen molar-refractivity contribution >= 4 is 22.8 Å². The minimum atomic E-state index is -0.776. The number of hydrogen-bond donors (Lipinski definition) is 1. The van der Waals surface area contributed by atoms with Gasteiger partial charge in [-0.3, -0.25) is 4.79 Å². The molecule has 1 aliphatic carbocycles. The van der Waals surface area contributed by atoms with Crippen LogP contribution in [0.4, 0.5) is 0 Å². The lowest BCUT2D eigenvalue weighted by Gasteiger charge is -2.21. The quantitative estimate of drug-likeness (QED) is 0.454. The third kappa shape index (κ3) is 4.90. The summed E-state index contributed by atoms with van der Waals surface area (Å²) >= 11 is 0. The van der Waals surface area contributed by atoms with Gasteiger partial charge in [-0.25, -0.2) is 9.59 Å². The van der Waals surface area contributed by atoms with E-state index < -0.39 is 17.6 Å². The minimum absolute atomic E-state index is 0.0580. The zero-order valence-electron chi connectivity index (χ0n) is 18.4. The number of benzene rings is 2. The van der Waals surface area contributed by atoms with Gasteiger partial charge in [0.25, 0.3) is 0 Å². The van der Waals surface area contributed by atoms with Gasteiger partial charge in [-0.1, -0.05) is 44.2 Å². The fraction of sp³-hybridized carbons (Fsp3) is 0.346. The van der Waals surface area contributed by atoms with Crippen LogP contribution in [0.1, 0.15) is 42.5 Å². The van der Waals surface area contributed by atoms with Gasteiger partial charge in [0.15, 0.2) is 0 Å². The van der Waals surface area contributed by atoms with Crippen LogP contribution in [0.3, 0.4) is 0 Å². The maximum absolute atomic E-state index is 12.8. The molecule has 0 saturated carbocycles. The molecule has 166 valence electrons. The molecular formula is C26H27NO5. The Balaban J connectivity index is 1.47. The molecule has 1 atom stereocenters. The number of hydrogen-bond acceptors (Lipinski definition) is 5. The van der Waals surface area contributed by atoms with Gasteiger partial charge < -0.3 is 14.5 Å². The average Bonchev–Trinajstić information content (AvgIpc) is 3.22. The molecule has 1 aliphatic rings. The van der Waals surface area contributed by atoms with Crippen molar-refractivity contribution in [3.8, 4) is 0 Å². The summed E-state index contributed by atoms with van der Waals surface area (Å²) in [7, 11) is 0. The Kier molecular flexibility index (Phi) is 6.40. The molecule has 0 saturated heterocycles. The van der Waals surface area contributed by atoms with Gasteiger partial charge in [0.1, 0.15) is 18.2 Å². The molecule has 3 aromatic rings. The Morgan fingerprint density at radius 3 is 2.50 bits per heavy atom. The number of amides is 1. The second-order valence-electron chi connectivity index (χ2n) is 8.62. The first-order valence-electron chi connectivity index (χ1n) is 11.0. The highest BCUT2D eigenvalue weighted by Gasteiger charge is 2.26. The van der Waals surface area contributed by atoms with Crippen molar-refractivity contribution < 1.29 is 18.7 Å². The van der Waals surface area contributed by atoms with E-state index in [1.807, 2.05) is 56.3 Å². The predicted octanol–water partition coefficient (Wildman–Crippen LogP) is 3.71. The number of fused-ring (bicyclic) bond motifs is 2. The topological polar surface area (TPSA) is 85.6 Å². The molecule has 1 N–H and O–H groups in total. The molecule has 1 aromatic heterocycles. The molecule has 32 heavy (non-hydrogen) atoms. The van der Waals surface area contributed by atoms with E-state index in [-0.39, 0.29) is 24.9 Å². The van der Waals surface area contributed by atoms with Crippen LogP contribution in [0.5, 0.6) is 0 Å². The highest BCUT2D eigenvalue weighted by atomic mass is 16.5. The number of rotatable bonds is 7. The number of ether oxygens (including phenoxy) is 1. The van der Waals surface area contributed by atoms with E-state index in [2.05, 4.69) is 5.32 Å². The van der Waals surface area contributed by atoms with Crippen molar-refractivity contribution in [3.63, 3.8) is 0 Å². The largest absolute Gasteiger partial charge is 0.459 e. The van der Waals surface area contributed by atoms with E-state index in [1.165, 1.54) is 17.2 Å². The fourth-order valence-corrected chi connectivity index (χ4v) is 4.16. The van der Waals surface area contributed by atoms with Gasteiger partial charge in [-0.15, -0.1) is 0 Å². The molecule has 0 aliphatic heterocycles. The van der Waals surface area contributed by atoms with Gasteiger partial charge in [0, 0.05) is 17.0 Å². The Bertz CT molecular complexity index is 1200. The molecule has 6 nitrogen and oxygen atoms in total. The predicted molar refractivity (Wildman–Crippen MR) is 121 cm³/mol. The Labute approximate surface area is 186 Å². The Morgan fingerprint density at radius 1 is 1.06 bits per heavy atom. The third-order valence-corrected chi connectivity index (χ3v) is 5.86. The standard InChI is InChI=1S/C26H27NO5/c1-16(2)25(27-23(28)11-17-7-4-3-5-8-17)26(30)31-15-20-14-24(29)32-22-13-19-10-6-9-18(19)12-21(20)22/h3-5,7-8,12-14,16,25H,6,9-11,15H2,1-2H3,(H,27,28)/t25-/m1/s1. The van der Waals surface area contributed by atoms with Crippen LogP contribution in [0.2, 0.25) is 0 Å². The van der Waals surface area contributed by atoms with E-state index in [0.29, 0.717) is 11.1 Å². The van der Waals surface area contributed by atoms with Crippen LogP contribution >= 0.6 is 0 Å². The van der Waals surface area contributed by atoms with Crippen LogP contribution in [0.15, 0.2) is 57.7 Å². The molecule has 0 spiro atoms. The highest BCUT2D eigenvalue weighted by Crippen LogP contribution is 2.28. The van der Waals surface area contributed by atoms with Crippen molar-refractivity contribution in [1.82, 2.24) is 5.32 Å². The van der Waals surface area contributed by atoms with E-state index in [0.717, 1.165) is 30.2 Å². The summed E-state index contributed by atoms with van der Waals surface area (Å²) in [6, 6.07) is 13.9. The van der Waals surface area contributed by atoms with Crippen LogP contribution in [-0.2, 0) is 40.2 Å². The maximum atomic E-state index is 12.8. The zero-order valence-corrected chi connectivity index (χ0v) is 18.4. The highest BCUT2D eigenvalue weighted by molar-refractivity contribution is 5.86. The molecule has 0 unspecified atom stereocenters. The second-order valence-corrected chi connectivity index (χ2v) is 8.62. The van der Waals surface area contributed by atoms with E-state index in [1.54, 1.807) is 0 Å². The van der Waals surface area contributed by atoms with Crippen molar-refractivity contribution in [2.45, 2.75) is 52.2 Å². The van der Waals surface area contributed by atoms with Gasteiger partial charge in [0.05, 0.1) is 6.42 Å². The lowest BCUT2D eigenvalue weighted by molar-refractivity contribution is -0.150. The Hall–Kier alpha value is -3.41. The van der Waals surface area contributed by atoms with E-state index in [4.69, 9.17) is 9.15 Å². The molecule has 2 aromatic carbocycles. The second kappa shape index (κ2) is 9.39. The molecule has 0 radical (unpaired) electrons. The number of esters is 1. The monoisotopic (exact) mass is 433 g/mol. The fourth-order valence-electron chi connectivity index (χ4n) is 4.16. The average molecular weight is 434 g/mol. The summed E-state index contributed by atoms with van der Waals surface area (Å²) < 4.78 is 10.9. The number of nitrogens with one attached hydrogen (secondary N) is 1. The maximum Gasteiger partial charge on any atom is 0.336 e. The number of carbonyl (C=O) groups is 2. The first-order chi connectivity index (χ1) is 15.4. The SMILES string of the molecule is CC(C)[C@@H](NC(=O)Cc1ccccc1)C(=O)OCc1cc(=O)oc2cc3c(cc12)CCC3. The lowest BCUT2D eigenvalue weighted by Crippen LogP contribution is -2.45. The number of aryl methyl sites for hydroxylation is 2. The first kappa shape index (κ1) is 21.8. The first-order valence-corrected chi connectivity index (χ1v) is 11.0. The minimum Gasteiger partial charge on any atom is -0.459 e. The zero-order chi connectivity index (χ0) is 22.7. The van der Waals surface area contributed by atoms with Crippen molar-refractivity contribution in [2.75, 3.05) is 0 Å². The molecule has 4 rings (SSSR count). The third-order valence-electron chi connectivity index (χ3n) is 5.86. The van der Waals surface area contributed by atoms with Crippen LogP contribution in [0, 0.1) is 5.92 Å². The molecule has 1 amide bonds. The van der Waals surface area contributed by atoms with Crippen LogP contribution in [-0.4, -0.2) is 17.9 Å². The van der Waals surface area contributed by atoms with Crippen molar-refractivity contribution in [3.05, 3.63) is 81.2 Å². The summed E-state index contributed by atoms with van der Waals surface area (Å²) in [6.07, 6.45) is 3.24. The Morgan fingerprint density at radius 2 is 1.78 bits per heavy atom. The summed E-state index contributed by atoms with van der Waals surface area (Å²) in [5.41, 5.74) is 3.97. The molecule has 0 fully saturated rings. The van der Waals surface area contributed by atoms with Crippen molar-refractivity contribution in [1.29, 1.82) is 0 Å².